The van der Waals surface area contributed by atoms with Gasteiger partial charge in [0.05, 0.1) is 11.5 Å². The van der Waals surface area contributed by atoms with Gasteiger partial charge in [0, 0.05) is 19.5 Å². The molecule has 0 bridgehead atoms. The molecule has 0 aliphatic carbocycles. The molecule has 17 heavy (non-hydrogen) atoms. The number of rotatable bonds is 8. The molecule has 0 rings (SSSR count). The maximum absolute atomic E-state index is 11.5. The Morgan fingerprint density at radius 2 is 1.82 bits per heavy atom. The van der Waals surface area contributed by atoms with E-state index in [1.807, 2.05) is 13.8 Å². The van der Waals surface area contributed by atoms with Crippen molar-refractivity contribution in [2.45, 2.75) is 20.3 Å². The second-order valence-corrected chi connectivity index (χ2v) is 6.44. The first kappa shape index (κ1) is 19.0. The smallest absolute Gasteiger partial charge is 0.221 e. The van der Waals surface area contributed by atoms with Gasteiger partial charge in [-0.1, -0.05) is 13.8 Å². The quantitative estimate of drug-likeness (QED) is 0.625. The van der Waals surface area contributed by atoms with E-state index in [1.165, 1.54) is 0 Å². The normalized spacial score (nSPS) is 11.1. The van der Waals surface area contributed by atoms with E-state index in [0.717, 1.165) is 0 Å². The molecule has 0 fully saturated rings. The van der Waals surface area contributed by atoms with Gasteiger partial charge in [0.25, 0.3) is 0 Å². The fourth-order valence-electron chi connectivity index (χ4n) is 1.25. The summed E-state index contributed by atoms with van der Waals surface area (Å²) in [7, 11) is -1.29. The summed E-state index contributed by atoms with van der Waals surface area (Å²) in [4.78, 5) is 11.2. The van der Waals surface area contributed by atoms with E-state index in [-0.39, 0.29) is 42.2 Å². The van der Waals surface area contributed by atoms with Gasteiger partial charge >= 0.3 is 0 Å². The van der Waals surface area contributed by atoms with E-state index >= 15 is 0 Å². The van der Waals surface area contributed by atoms with Crippen LogP contribution in [-0.2, 0) is 14.6 Å². The van der Waals surface area contributed by atoms with Crippen molar-refractivity contribution < 1.29 is 13.2 Å². The number of carbonyl (C=O) groups excluding carboxylic acids is 1. The van der Waals surface area contributed by atoms with Gasteiger partial charge in [0.15, 0.2) is 9.84 Å². The highest BCUT2D eigenvalue weighted by molar-refractivity contribution is 7.91. The predicted octanol–water partition coefficient (Wildman–Crippen LogP) is 0.205. The zero-order valence-electron chi connectivity index (χ0n) is 10.7. The zero-order valence-corrected chi connectivity index (χ0v) is 12.3. The number of hydrogen-bond donors (Lipinski definition) is 2. The van der Waals surface area contributed by atoms with Gasteiger partial charge in [-0.25, -0.2) is 8.42 Å². The summed E-state index contributed by atoms with van der Waals surface area (Å²) in [6.07, 6.45) is 0.0543. The average molecular weight is 287 g/mol. The lowest BCUT2D eigenvalue weighted by atomic mass is 10.3. The maximum atomic E-state index is 11.5. The molecule has 0 radical (unpaired) electrons. The summed E-state index contributed by atoms with van der Waals surface area (Å²) in [6, 6.07) is 0. The molecule has 0 heterocycles. The molecule has 0 unspecified atom stereocenters. The first-order valence-corrected chi connectivity index (χ1v) is 7.31. The Balaban J connectivity index is 0. The first-order chi connectivity index (χ1) is 7.37. The van der Waals surface area contributed by atoms with Crippen molar-refractivity contribution in [1.82, 2.24) is 10.6 Å². The lowest BCUT2D eigenvalue weighted by molar-refractivity contribution is -0.120. The van der Waals surface area contributed by atoms with Gasteiger partial charge in [-0.15, -0.1) is 12.4 Å². The van der Waals surface area contributed by atoms with Crippen molar-refractivity contribution >= 4 is 28.2 Å². The number of likely N-dealkylation sites (N-methyl/N-ethyl adjacent to an activating group) is 1. The molecule has 0 saturated heterocycles. The largest absolute Gasteiger partial charge is 0.355 e. The highest BCUT2D eigenvalue weighted by Gasteiger charge is 2.14. The van der Waals surface area contributed by atoms with Crippen LogP contribution in [0.4, 0.5) is 0 Å². The highest BCUT2D eigenvalue weighted by atomic mass is 35.5. The van der Waals surface area contributed by atoms with Crippen molar-refractivity contribution in [2.75, 3.05) is 31.6 Å². The summed E-state index contributed by atoms with van der Waals surface area (Å²) in [5.41, 5.74) is 0. The molecule has 0 aromatic heterocycles. The van der Waals surface area contributed by atoms with Crippen LogP contribution in [0.2, 0.25) is 0 Å². The van der Waals surface area contributed by atoms with Crippen molar-refractivity contribution in [3.8, 4) is 0 Å². The zero-order chi connectivity index (χ0) is 12.6. The topological polar surface area (TPSA) is 75.3 Å². The lowest BCUT2D eigenvalue weighted by Crippen LogP contribution is -2.31. The summed E-state index contributed by atoms with van der Waals surface area (Å²) < 4.78 is 23.0. The summed E-state index contributed by atoms with van der Waals surface area (Å²) in [5.74, 6) is -0.00665. The molecule has 0 aromatic carbocycles. The number of sulfone groups is 1. The van der Waals surface area contributed by atoms with Crippen LogP contribution < -0.4 is 10.6 Å². The van der Waals surface area contributed by atoms with E-state index in [2.05, 4.69) is 10.6 Å². The number of halogens is 1. The minimum absolute atomic E-state index is 0. The van der Waals surface area contributed by atoms with Crippen molar-refractivity contribution in [2.24, 2.45) is 5.92 Å². The molecule has 7 heteroatoms. The second kappa shape index (κ2) is 9.67. The molecule has 0 saturated carbocycles. The van der Waals surface area contributed by atoms with Gasteiger partial charge in [0.2, 0.25) is 5.91 Å². The lowest BCUT2D eigenvalue weighted by Gasteiger charge is -2.07. The van der Waals surface area contributed by atoms with Crippen molar-refractivity contribution in [1.29, 1.82) is 0 Å². The molecular formula is C10H23ClN2O3S. The van der Waals surface area contributed by atoms with E-state index < -0.39 is 9.84 Å². The van der Waals surface area contributed by atoms with Gasteiger partial charge in [-0.05, 0) is 13.0 Å². The fourth-order valence-corrected chi connectivity index (χ4v) is 2.93. The summed E-state index contributed by atoms with van der Waals surface area (Å²) in [6.45, 7) is 4.92. The van der Waals surface area contributed by atoms with E-state index in [0.29, 0.717) is 13.1 Å². The van der Waals surface area contributed by atoms with E-state index in [4.69, 9.17) is 0 Å². The minimum Gasteiger partial charge on any atom is -0.355 e. The number of hydrogen-bond acceptors (Lipinski definition) is 4. The number of amides is 1. The number of nitrogens with one attached hydrogen (secondary N) is 2. The SMILES string of the molecule is CNCCNC(=O)CCS(=O)(=O)CC(C)C.Cl. The summed E-state index contributed by atoms with van der Waals surface area (Å²) in [5, 5.41) is 5.53. The third kappa shape index (κ3) is 11.9. The molecule has 0 aliphatic heterocycles. The van der Waals surface area contributed by atoms with Gasteiger partial charge in [-0.2, -0.15) is 0 Å². The maximum Gasteiger partial charge on any atom is 0.221 e. The molecule has 1 amide bonds. The van der Waals surface area contributed by atoms with Crippen molar-refractivity contribution in [3.63, 3.8) is 0 Å². The van der Waals surface area contributed by atoms with E-state index in [9.17, 15) is 13.2 Å². The fraction of sp³-hybridized carbons (Fsp3) is 0.900. The van der Waals surface area contributed by atoms with Crippen LogP contribution in [0.15, 0.2) is 0 Å². The van der Waals surface area contributed by atoms with Gasteiger partial charge in [0.1, 0.15) is 0 Å². The van der Waals surface area contributed by atoms with Crippen LogP contribution in [0, 0.1) is 5.92 Å². The first-order valence-electron chi connectivity index (χ1n) is 5.49. The Labute approximate surface area is 110 Å². The highest BCUT2D eigenvalue weighted by Crippen LogP contribution is 2.02. The Morgan fingerprint density at radius 1 is 1.24 bits per heavy atom. The molecule has 0 spiro atoms. The monoisotopic (exact) mass is 286 g/mol. The molecule has 0 aromatic rings. The third-order valence-corrected chi connectivity index (χ3v) is 3.93. The van der Waals surface area contributed by atoms with Gasteiger partial charge < -0.3 is 10.6 Å². The molecule has 0 aliphatic rings. The molecule has 2 N–H and O–H groups in total. The Kier molecular flexibility index (Phi) is 10.8. The molecule has 5 nitrogen and oxygen atoms in total. The number of carbonyl (C=O) groups is 1. The third-order valence-electron chi connectivity index (χ3n) is 1.92. The molecule has 0 atom stereocenters. The van der Waals surface area contributed by atoms with Crippen LogP contribution in [0.1, 0.15) is 20.3 Å². The standard InChI is InChI=1S/C10H22N2O3S.ClH/c1-9(2)8-16(14,15)7-4-10(13)12-6-5-11-3;/h9,11H,4-8H2,1-3H3,(H,12,13);1H. The average Bonchev–Trinajstić information content (AvgIpc) is 2.13. The van der Waals surface area contributed by atoms with Crippen LogP contribution in [0.25, 0.3) is 0 Å². The van der Waals surface area contributed by atoms with Crippen molar-refractivity contribution in [3.05, 3.63) is 0 Å². The van der Waals surface area contributed by atoms with E-state index in [1.54, 1.807) is 7.05 Å². The Hall–Kier alpha value is -0.330. The molecule has 104 valence electrons. The van der Waals surface area contributed by atoms with Crippen LogP contribution in [-0.4, -0.2) is 46.0 Å². The van der Waals surface area contributed by atoms with Gasteiger partial charge in [-0.3, -0.25) is 4.79 Å². The second-order valence-electron chi connectivity index (χ2n) is 4.21. The summed E-state index contributed by atoms with van der Waals surface area (Å²) >= 11 is 0. The minimum atomic E-state index is -3.08. The van der Waals surface area contributed by atoms with Crippen LogP contribution >= 0.6 is 12.4 Å². The molecular weight excluding hydrogens is 264 g/mol. The Bertz CT molecular complexity index is 305. The van der Waals surface area contributed by atoms with Crippen LogP contribution in [0.3, 0.4) is 0 Å². The van der Waals surface area contributed by atoms with Crippen LogP contribution in [0.5, 0.6) is 0 Å². The predicted molar refractivity (Wildman–Crippen MR) is 72.3 cm³/mol. The Morgan fingerprint density at radius 3 is 2.29 bits per heavy atom.